The van der Waals surface area contributed by atoms with E-state index >= 15 is 0 Å². The molecule has 0 spiro atoms. The van der Waals surface area contributed by atoms with Crippen molar-refractivity contribution in [2.45, 2.75) is 38.6 Å². The first-order chi connectivity index (χ1) is 15.6. The normalized spacial score (nSPS) is 16.4. The summed E-state index contributed by atoms with van der Waals surface area (Å²) >= 11 is 0. The van der Waals surface area contributed by atoms with Crippen molar-refractivity contribution < 1.29 is 9.53 Å². The summed E-state index contributed by atoms with van der Waals surface area (Å²) in [6, 6.07) is 14.7. The molecule has 1 saturated heterocycles. The summed E-state index contributed by atoms with van der Waals surface area (Å²) in [5.74, 6) is 1.64. The molecule has 7 nitrogen and oxygen atoms in total. The van der Waals surface area contributed by atoms with Gasteiger partial charge in [-0.15, -0.1) is 24.0 Å². The molecular weight excluding hydrogens is 529 g/mol. The summed E-state index contributed by atoms with van der Waals surface area (Å²) in [5, 5.41) is 9.69. The summed E-state index contributed by atoms with van der Waals surface area (Å²) in [6.45, 7) is 5.59. The number of anilines is 2. The number of carbonyl (C=O) groups is 1. The Labute approximate surface area is 213 Å². The fourth-order valence-electron chi connectivity index (χ4n) is 4.24. The average Bonchev–Trinajstić information content (AvgIpc) is 3.36. The zero-order valence-corrected chi connectivity index (χ0v) is 21.7. The molecule has 0 radical (unpaired) electrons. The van der Waals surface area contributed by atoms with Gasteiger partial charge >= 0.3 is 0 Å². The van der Waals surface area contributed by atoms with E-state index in [0.29, 0.717) is 19.6 Å². The highest BCUT2D eigenvalue weighted by Gasteiger charge is 2.16. The van der Waals surface area contributed by atoms with Crippen LogP contribution in [0.15, 0.2) is 47.5 Å². The predicted molar refractivity (Wildman–Crippen MR) is 145 cm³/mol. The molecule has 2 aromatic carbocycles. The monoisotopic (exact) mass is 563 g/mol. The lowest BCUT2D eigenvalue weighted by molar-refractivity contribution is -0.116. The smallest absolute Gasteiger partial charge is 0.224 e. The Morgan fingerprint density at radius 2 is 2.00 bits per heavy atom. The summed E-state index contributed by atoms with van der Waals surface area (Å²) < 4.78 is 5.89. The zero-order valence-electron chi connectivity index (χ0n) is 19.4. The van der Waals surface area contributed by atoms with Gasteiger partial charge in [-0.05, 0) is 67.6 Å². The van der Waals surface area contributed by atoms with Gasteiger partial charge < -0.3 is 25.6 Å². The van der Waals surface area contributed by atoms with Crippen LogP contribution >= 0.6 is 24.0 Å². The molecule has 0 aromatic heterocycles. The molecule has 2 aliphatic rings. The first kappa shape index (κ1) is 25.1. The van der Waals surface area contributed by atoms with Gasteiger partial charge in [-0.1, -0.05) is 12.1 Å². The number of ether oxygens (including phenoxy) is 1. The molecule has 8 heteroatoms. The van der Waals surface area contributed by atoms with E-state index in [1.54, 1.807) is 7.05 Å². The number of hydrogen-bond donors (Lipinski definition) is 3. The molecule has 1 fully saturated rings. The predicted octanol–water partition coefficient (Wildman–Crippen LogP) is 4.09. The van der Waals surface area contributed by atoms with Crippen LogP contribution in [0.5, 0.6) is 5.75 Å². The highest BCUT2D eigenvalue weighted by Crippen LogP contribution is 2.27. The van der Waals surface area contributed by atoms with Crippen LogP contribution in [-0.4, -0.2) is 45.2 Å². The van der Waals surface area contributed by atoms with Gasteiger partial charge in [-0.25, -0.2) is 0 Å². The molecule has 4 rings (SSSR count). The van der Waals surface area contributed by atoms with E-state index in [-0.39, 0.29) is 35.9 Å². The van der Waals surface area contributed by atoms with Crippen LogP contribution in [0.25, 0.3) is 0 Å². The van der Waals surface area contributed by atoms with Crippen LogP contribution in [-0.2, 0) is 11.2 Å². The highest BCUT2D eigenvalue weighted by atomic mass is 127. The van der Waals surface area contributed by atoms with Crippen molar-refractivity contribution >= 4 is 47.2 Å². The largest absolute Gasteiger partial charge is 0.492 e. The Bertz CT molecular complexity index is 975. The van der Waals surface area contributed by atoms with Gasteiger partial charge in [-0.3, -0.25) is 9.79 Å². The Morgan fingerprint density at radius 3 is 2.79 bits per heavy atom. The minimum Gasteiger partial charge on any atom is -0.492 e. The fourth-order valence-corrected chi connectivity index (χ4v) is 4.24. The molecule has 3 N–H and O–H groups in total. The maximum Gasteiger partial charge on any atom is 0.224 e. The van der Waals surface area contributed by atoms with Gasteiger partial charge in [0.2, 0.25) is 5.91 Å². The van der Waals surface area contributed by atoms with Crippen LogP contribution in [0.1, 0.15) is 43.4 Å². The van der Waals surface area contributed by atoms with Crippen LogP contribution in [0.2, 0.25) is 0 Å². The number of aryl methyl sites for hydroxylation is 1. The molecule has 178 valence electrons. The number of guanidine groups is 1. The van der Waals surface area contributed by atoms with E-state index in [1.165, 1.54) is 24.1 Å². The minimum absolute atomic E-state index is 0. The highest BCUT2D eigenvalue weighted by molar-refractivity contribution is 14.0. The van der Waals surface area contributed by atoms with Crippen molar-refractivity contribution in [3.63, 3.8) is 0 Å². The molecule has 2 aliphatic heterocycles. The number of rotatable bonds is 7. The lowest BCUT2D eigenvalue weighted by Gasteiger charge is -2.22. The number of benzene rings is 2. The summed E-state index contributed by atoms with van der Waals surface area (Å²) in [4.78, 5) is 18.3. The second-order valence-corrected chi connectivity index (χ2v) is 8.37. The first-order valence-electron chi connectivity index (χ1n) is 11.5. The number of aliphatic imine (C=N–C) groups is 1. The van der Waals surface area contributed by atoms with Crippen molar-refractivity contribution in [2.24, 2.45) is 4.99 Å². The number of nitrogens with one attached hydrogen (secondary N) is 3. The lowest BCUT2D eigenvalue weighted by atomic mass is 10.0. The second-order valence-electron chi connectivity index (χ2n) is 8.37. The van der Waals surface area contributed by atoms with Crippen molar-refractivity contribution in [2.75, 3.05) is 43.5 Å². The van der Waals surface area contributed by atoms with Gasteiger partial charge in [-0.2, -0.15) is 0 Å². The Kier molecular flexibility index (Phi) is 9.22. The fraction of sp³-hybridized carbons (Fsp3) is 0.440. The summed E-state index contributed by atoms with van der Waals surface area (Å²) in [7, 11) is 1.78. The molecule has 0 saturated carbocycles. The lowest BCUT2D eigenvalue weighted by Crippen LogP contribution is -2.40. The summed E-state index contributed by atoms with van der Waals surface area (Å²) in [5.41, 5.74) is 4.56. The molecule has 1 unspecified atom stereocenters. The standard InChI is InChI=1S/C25H33N5O2.HI/c1-18(19-6-5-7-21(16-19)30-13-3-4-14-30)28-25(26-2)27-12-15-32-22-9-10-23-20(17-22)8-11-24(31)29-23;/h5-7,9-10,16-18H,3-4,8,11-15H2,1-2H3,(H,29,31)(H2,26,27,28);1H. The Hall–Kier alpha value is -2.49. The number of fused-ring (bicyclic) bond motifs is 1. The Balaban J connectivity index is 0.00000306. The molecule has 1 amide bonds. The molecule has 1 atom stereocenters. The third kappa shape index (κ3) is 6.75. The van der Waals surface area contributed by atoms with Crippen molar-refractivity contribution in [3.8, 4) is 5.75 Å². The van der Waals surface area contributed by atoms with Gasteiger partial charge in [0.25, 0.3) is 0 Å². The molecule has 0 aliphatic carbocycles. The second kappa shape index (κ2) is 12.1. The first-order valence-corrected chi connectivity index (χ1v) is 11.5. The quantitative estimate of drug-likeness (QED) is 0.205. The van der Waals surface area contributed by atoms with Gasteiger partial charge in [0.15, 0.2) is 5.96 Å². The average molecular weight is 563 g/mol. The summed E-state index contributed by atoms with van der Waals surface area (Å²) in [6.07, 6.45) is 3.83. The van der Waals surface area contributed by atoms with Crippen LogP contribution in [0, 0.1) is 0 Å². The van der Waals surface area contributed by atoms with Gasteiger partial charge in [0.1, 0.15) is 12.4 Å². The van der Waals surface area contributed by atoms with E-state index in [0.717, 1.165) is 42.5 Å². The van der Waals surface area contributed by atoms with Crippen molar-refractivity contribution in [1.29, 1.82) is 0 Å². The van der Waals surface area contributed by atoms with E-state index in [9.17, 15) is 4.79 Å². The van der Waals surface area contributed by atoms with E-state index < -0.39 is 0 Å². The van der Waals surface area contributed by atoms with Crippen LogP contribution in [0.4, 0.5) is 11.4 Å². The SMILES string of the molecule is CN=C(NCCOc1ccc2c(c1)CCC(=O)N2)NC(C)c1cccc(N2CCCC2)c1.I. The zero-order chi connectivity index (χ0) is 22.3. The number of carbonyl (C=O) groups excluding carboxylic acids is 1. The van der Waals surface area contributed by atoms with Gasteiger partial charge in [0, 0.05) is 37.9 Å². The number of amides is 1. The van der Waals surface area contributed by atoms with Crippen molar-refractivity contribution in [1.82, 2.24) is 10.6 Å². The maximum absolute atomic E-state index is 11.5. The Morgan fingerprint density at radius 1 is 1.18 bits per heavy atom. The van der Waals surface area contributed by atoms with Crippen LogP contribution in [0.3, 0.4) is 0 Å². The van der Waals surface area contributed by atoms with E-state index in [4.69, 9.17) is 4.74 Å². The number of nitrogens with zero attached hydrogens (tertiary/aromatic N) is 2. The molecule has 2 heterocycles. The molecule has 0 bridgehead atoms. The topological polar surface area (TPSA) is 78.0 Å². The number of hydrogen-bond acceptors (Lipinski definition) is 4. The number of halogens is 1. The minimum atomic E-state index is 0. The third-order valence-electron chi connectivity index (χ3n) is 6.05. The third-order valence-corrected chi connectivity index (χ3v) is 6.05. The van der Waals surface area contributed by atoms with Crippen LogP contribution < -0.4 is 25.6 Å². The van der Waals surface area contributed by atoms with Gasteiger partial charge in [0.05, 0.1) is 12.6 Å². The molecule has 33 heavy (non-hydrogen) atoms. The molecular formula is C25H34IN5O2. The maximum atomic E-state index is 11.5. The molecule has 2 aromatic rings. The van der Waals surface area contributed by atoms with E-state index in [2.05, 4.69) is 57.0 Å². The van der Waals surface area contributed by atoms with E-state index in [1.807, 2.05) is 18.2 Å². The van der Waals surface area contributed by atoms with Crippen molar-refractivity contribution in [3.05, 3.63) is 53.6 Å².